The van der Waals surface area contributed by atoms with E-state index in [-0.39, 0.29) is 0 Å². The Bertz CT molecular complexity index is 2160. The van der Waals surface area contributed by atoms with Gasteiger partial charge in [-0.05, 0) is 54.3 Å². The second kappa shape index (κ2) is 9.04. The van der Waals surface area contributed by atoms with E-state index in [1.165, 1.54) is 16.3 Å². The van der Waals surface area contributed by atoms with Gasteiger partial charge in [0.15, 0.2) is 5.82 Å². The maximum absolute atomic E-state index is 9.67. The Kier molecular flexibility index (Phi) is 5.16. The van der Waals surface area contributed by atoms with Gasteiger partial charge in [0.25, 0.3) is 0 Å². The van der Waals surface area contributed by atoms with Crippen molar-refractivity contribution in [3.8, 4) is 29.1 Å². The summed E-state index contributed by atoms with van der Waals surface area (Å²) in [7, 11) is 0. The van der Waals surface area contributed by atoms with Crippen LogP contribution in [0.2, 0.25) is 0 Å². The molecule has 0 amide bonds. The smallest absolute Gasteiger partial charge is 0.163 e. The molecule has 41 heavy (non-hydrogen) atoms. The van der Waals surface area contributed by atoms with Crippen LogP contribution in [0.15, 0.2) is 109 Å². The van der Waals surface area contributed by atoms with Crippen molar-refractivity contribution >= 4 is 38.8 Å². The van der Waals surface area contributed by atoms with Crippen LogP contribution in [0.1, 0.15) is 36.1 Å². The predicted molar refractivity (Wildman–Crippen MR) is 165 cm³/mol. The van der Waals surface area contributed by atoms with Crippen LogP contribution in [-0.2, 0) is 0 Å². The van der Waals surface area contributed by atoms with Crippen LogP contribution < -0.4 is 0 Å². The molecule has 0 radical (unpaired) electrons. The molecule has 1 aliphatic carbocycles. The van der Waals surface area contributed by atoms with E-state index in [1.807, 2.05) is 30.3 Å². The third-order valence-electron chi connectivity index (χ3n) is 8.20. The Morgan fingerprint density at radius 2 is 1.34 bits per heavy atom. The fraction of sp³-hybridized carbons (Fsp3) is 0.0833. The van der Waals surface area contributed by atoms with Crippen LogP contribution in [0.25, 0.3) is 61.8 Å². The van der Waals surface area contributed by atoms with E-state index in [0.717, 1.165) is 51.3 Å². The first-order valence-corrected chi connectivity index (χ1v) is 13.9. The molecule has 8 rings (SSSR count). The summed E-state index contributed by atoms with van der Waals surface area (Å²) in [5, 5.41) is 13.2. The van der Waals surface area contributed by atoms with E-state index in [1.54, 1.807) is 0 Å². The van der Waals surface area contributed by atoms with Crippen molar-refractivity contribution in [3.63, 3.8) is 0 Å². The maximum atomic E-state index is 9.67. The van der Waals surface area contributed by atoms with Crippen LogP contribution in [0.5, 0.6) is 0 Å². The molecule has 1 unspecified atom stereocenters. The van der Waals surface area contributed by atoms with E-state index in [2.05, 4.69) is 107 Å². The third-order valence-corrected chi connectivity index (χ3v) is 8.20. The normalized spacial score (nSPS) is 14.5. The number of hydrogen-bond acceptors (Lipinski definition) is 3. The minimum absolute atomic E-state index is 0.333. The lowest BCUT2D eigenvalue weighted by Gasteiger charge is -2.17. The van der Waals surface area contributed by atoms with Crippen molar-refractivity contribution < 1.29 is 0 Å². The van der Waals surface area contributed by atoms with Gasteiger partial charge < -0.3 is 0 Å². The average Bonchev–Trinajstić information content (AvgIpc) is 3.54. The number of rotatable bonds is 3. The summed E-state index contributed by atoms with van der Waals surface area (Å²) in [6.45, 7) is 2.25. The minimum Gasteiger partial charge on any atom is -0.294 e. The Hall–Kier alpha value is -5.47. The first-order valence-electron chi connectivity index (χ1n) is 13.9. The Morgan fingerprint density at radius 3 is 2.05 bits per heavy atom. The molecule has 7 aromatic rings. The summed E-state index contributed by atoms with van der Waals surface area (Å²) in [5.74, 6) is 2.60. The quantitative estimate of drug-likeness (QED) is 0.231. The standard InChI is InChI=1S/C36H25N5/c1-23-10-9-17-32-35(23)28-20-24(22-37)18-19-31(28)41(32)34-21-33(38-36(39-34)25-11-3-2-4-12-25)40-29-15-7-5-13-26(29)27-14-6-8-16-30(27)40/h2-9,11-21,23H,10H2,1H3. The van der Waals surface area contributed by atoms with Crippen LogP contribution in [0.3, 0.4) is 0 Å². The van der Waals surface area contributed by atoms with Gasteiger partial charge in [0, 0.05) is 27.8 Å². The number of benzene rings is 4. The first-order chi connectivity index (χ1) is 20.2. The van der Waals surface area contributed by atoms with Gasteiger partial charge >= 0.3 is 0 Å². The second-order valence-electron chi connectivity index (χ2n) is 10.7. The molecule has 3 aromatic heterocycles. The van der Waals surface area contributed by atoms with Crippen molar-refractivity contribution in [2.75, 3.05) is 0 Å². The molecule has 0 aliphatic heterocycles. The van der Waals surface area contributed by atoms with Crippen LogP contribution in [-0.4, -0.2) is 19.1 Å². The fourth-order valence-electron chi connectivity index (χ4n) is 6.37. The van der Waals surface area contributed by atoms with Crippen molar-refractivity contribution in [2.45, 2.75) is 19.3 Å². The molecule has 0 spiro atoms. The van der Waals surface area contributed by atoms with E-state index in [4.69, 9.17) is 9.97 Å². The van der Waals surface area contributed by atoms with Crippen LogP contribution in [0.4, 0.5) is 0 Å². The third kappa shape index (κ3) is 3.54. The van der Waals surface area contributed by atoms with E-state index in [0.29, 0.717) is 17.3 Å². The first kappa shape index (κ1) is 23.4. The lowest BCUT2D eigenvalue weighted by Crippen LogP contribution is -2.08. The molecule has 5 heteroatoms. The zero-order chi connectivity index (χ0) is 27.5. The maximum Gasteiger partial charge on any atom is 0.163 e. The highest BCUT2D eigenvalue weighted by molar-refractivity contribution is 6.09. The van der Waals surface area contributed by atoms with Gasteiger partial charge in [-0.25, -0.2) is 9.97 Å². The monoisotopic (exact) mass is 527 g/mol. The number of nitriles is 1. The summed E-state index contributed by atoms with van der Waals surface area (Å²) in [5.41, 5.74) is 7.24. The molecule has 194 valence electrons. The summed E-state index contributed by atoms with van der Waals surface area (Å²) in [6, 6.07) is 37.5. The highest BCUT2D eigenvalue weighted by Gasteiger charge is 2.25. The van der Waals surface area contributed by atoms with E-state index < -0.39 is 0 Å². The molecule has 0 saturated carbocycles. The van der Waals surface area contributed by atoms with Crippen LogP contribution >= 0.6 is 0 Å². The zero-order valence-electron chi connectivity index (χ0n) is 22.5. The van der Waals surface area contributed by atoms with Gasteiger partial charge in [0.2, 0.25) is 0 Å². The Morgan fingerprint density at radius 1 is 0.707 bits per heavy atom. The number of hydrogen-bond donors (Lipinski definition) is 0. The summed E-state index contributed by atoms with van der Waals surface area (Å²) in [6.07, 6.45) is 5.40. The number of aromatic nitrogens is 4. The summed E-state index contributed by atoms with van der Waals surface area (Å²) in [4.78, 5) is 10.3. The molecule has 0 saturated heterocycles. The van der Waals surface area contributed by atoms with Gasteiger partial charge in [-0.3, -0.25) is 9.13 Å². The number of allylic oxidation sites excluding steroid dienone is 1. The largest absolute Gasteiger partial charge is 0.294 e. The highest BCUT2D eigenvalue weighted by Crippen LogP contribution is 2.40. The van der Waals surface area contributed by atoms with Crippen molar-refractivity contribution in [1.29, 1.82) is 5.26 Å². The van der Waals surface area contributed by atoms with Gasteiger partial charge in [-0.15, -0.1) is 0 Å². The molecule has 4 aromatic carbocycles. The molecule has 5 nitrogen and oxygen atoms in total. The highest BCUT2D eigenvalue weighted by atomic mass is 15.1. The number of para-hydroxylation sites is 2. The van der Waals surface area contributed by atoms with E-state index >= 15 is 0 Å². The Balaban J connectivity index is 1.49. The molecule has 1 atom stereocenters. The lowest BCUT2D eigenvalue weighted by atomic mass is 9.90. The molecular weight excluding hydrogens is 502 g/mol. The van der Waals surface area contributed by atoms with Gasteiger partial charge in [-0.2, -0.15) is 5.26 Å². The summed E-state index contributed by atoms with van der Waals surface area (Å²) >= 11 is 0. The molecule has 0 fully saturated rings. The molecule has 3 heterocycles. The van der Waals surface area contributed by atoms with Crippen molar-refractivity contribution in [2.24, 2.45) is 0 Å². The predicted octanol–water partition coefficient (Wildman–Crippen LogP) is 8.58. The van der Waals surface area contributed by atoms with Crippen LogP contribution in [0, 0.1) is 11.3 Å². The average molecular weight is 528 g/mol. The zero-order valence-corrected chi connectivity index (χ0v) is 22.5. The SMILES string of the molecule is CC1CC=Cc2c1c1cc(C#N)ccc1n2-c1cc(-n2c3ccccc3c3ccccc32)nc(-c2ccccc2)n1. The van der Waals surface area contributed by atoms with Crippen molar-refractivity contribution in [1.82, 2.24) is 19.1 Å². The van der Waals surface area contributed by atoms with Gasteiger partial charge in [0.1, 0.15) is 11.6 Å². The van der Waals surface area contributed by atoms with Gasteiger partial charge in [0.05, 0.1) is 33.9 Å². The number of nitrogens with zero attached hydrogens (tertiary/aromatic N) is 5. The molecular formula is C36H25N5. The van der Waals surface area contributed by atoms with E-state index in [9.17, 15) is 5.26 Å². The lowest BCUT2D eigenvalue weighted by molar-refractivity contribution is 0.771. The fourth-order valence-corrected chi connectivity index (χ4v) is 6.37. The minimum atomic E-state index is 0.333. The molecule has 1 aliphatic rings. The van der Waals surface area contributed by atoms with Crippen molar-refractivity contribution in [3.05, 3.63) is 126 Å². The molecule has 0 N–H and O–H groups in total. The topological polar surface area (TPSA) is 59.4 Å². The Labute approximate surface area is 237 Å². The van der Waals surface area contributed by atoms with Gasteiger partial charge in [-0.1, -0.05) is 79.7 Å². The summed E-state index contributed by atoms with van der Waals surface area (Å²) < 4.78 is 4.48. The molecule has 0 bridgehead atoms. The number of fused-ring (bicyclic) bond motifs is 6. The second-order valence-corrected chi connectivity index (χ2v) is 10.7.